The van der Waals surface area contributed by atoms with Gasteiger partial charge >= 0.3 is 0 Å². The molecule has 0 aliphatic heterocycles. The van der Waals surface area contributed by atoms with E-state index in [9.17, 15) is 0 Å². The molecule has 0 unspecified atom stereocenters. The van der Waals surface area contributed by atoms with Crippen molar-refractivity contribution in [1.82, 2.24) is 9.97 Å². The van der Waals surface area contributed by atoms with E-state index in [-0.39, 0.29) is 5.95 Å². The Kier molecular flexibility index (Phi) is 5.32. The highest BCUT2D eigenvalue weighted by Gasteiger charge is 2.02. The molecule has 0 bridgehead atoms. The molecule has 1 aromatic rings. The maximum absolute atomic E-state index is 5.92. The third kappa shape index (κ3) is 4.66. The lowest BCUT2D eigenvalue weighted by Crippen LogP contribution is -2.06. The first-order valence-corrected chi connectivity index (χ1v) is 5.99. The Morgan fingerprint density at radius 2 is 2.19 bits per heavy atom. The van der Waals surface area contributed by atoms with Crippen molar-refractivity contribution in [3.05, 3.63) is 11.2 Å². The van der Waals surface area contributed by atoms with Crippen LogP contribution < -0.4 is 11.1 Å². The lowest BCUT2D eigenvalue weighted by atomic mass is 10.1. The molecule has 0 aliphatic rings. The third-order valence-corrected chi connectivity index (χ3v) is 2.54. The average molecular weight is 243 g/mol. The normalized spacial score (nSPS) is 10.8. The molecule has 0 aromatic carbocycles. The molecule has 90 valence electrons. The number of nitrogen functional groups attached to an aromatic ring is 1. The van der Waals surface area contributed by atoms with Crippen molar-refractivity contribution in [1.29, 1.82) is 0 Å². The summed E-state index contributed by atoms with van der Waals surface area (Å²) in [5.41, 5.74) is 5.48. The summed E-state index contributed by atoms with van der Waals surface area (Å²) in [6, 6.07) is 0. The summed E-state index contributed by atoms with van der Waals surface area (Å²) in [5.74, 6) is 1.63. The Labute approximate surface area is 102 Å². The van der Waals surface area contributed by atoms with Gasteiger partial charge in [-0.1, -0.05) is 38.3 Å². The van der Waals surface area contributed by atoms with E-state index in [2.05, 4.69) is 29.1 Å². The van der Waals surface area contributed by atoms with Gasteiger partial charge in [0.15, 0.2) is 0 Å². The first kappa shape index (κ1) is 13.0. The summed E-state index contributed by atoms with van der Waals surface area (Å²) in [6.45, 7) is 5.33. The van der Waals surface area contributed by atoms with Crippen LogP contribution in [0.4, 0.5) is 11.8 Å². The number of rotatable bonds is 6. The molecule has 3 N–H and O–H groups in total. The van der Waals surface area contributed by atoms with Gasteiger partial charge in [0.25, 0.3) is 0 Å². The molecule has 0 amide bonds. The summed E-state index contributed by atoms with van der Waals surface area (Å²) >= 11 is 5.92. The van der Waals surface area contributed by atoms with Crippen LogP contribution in [0.1, 0.15) is 33.1 Å². The highest BCUT2D eigenvalue weighted by Crippen LogP contribution is 2.18. The summed E-state index contributed by atoms with van der Waals surface area (Å²) in [6.07, 6.45) is 5.09. The van der Waals surface area contributed by atoms with E-state index in [1.807, 2.05) is 0 Å². The Balaban J connectivity index is 2.29. The van der Waals surface area contributed by atoms with Crippen LogP contribution in [0.2, 0.25) is 5.02 Å². The minimum Gasteiger partial charge on any atom is -0.369 e. The summed E-state index contributed by atoms with van der Waals surface area (Å²) < 4.78 is 0. The number of nitrogens with zero attached hydrogens (tertiary/aromatic N) is 2. The molecule has 0 saturated heterocycles. The maximum atomic E-state index is 5.92. The van der Waals surface area contributed by atoms with E-state index in [1.165, 1.54) is 19.0 Å². The molecule has 0 atom stereocenters. The minimum atomic E-state index is 0.245. The van der Waals surface area contributed by atoms with Gasteiger partial charge in [0, 0.05) is 6.54 Å². The molecule has 0 fully saturated rings. The van der Waals surface area contributed by atoms with Gasteiger partial charge in [0.1, 0.15) is 10.8 Å². The summed E-state index contributed by atoms with van der Waals surface area (Å²) in [5, 5.41) is 3.68. The van der Waals surface area contributed by atoms with Crippen molar-refractivity contribution in [2.45, 2.75) is 33.1 Å². The van der Waals surface area contributed by atoms with Gasteiger partial charge < -0.3 is 11.1 Å². The predicted octanol–water partition coefficient (Wildman–Crippen LogP) is 2.95. The van der Waals surface area contributed by atoms with Crippen molar-refractivity contribution >= 4 is 23.4 Å². The van der Waals surface area contributed by atoms with Crippen LogP contribution in [0.25, 0.3) is 0 Å². The van der Waals surface area contributed by atoms with E-state index < -0.39 is 0 Å². The first-order valence-electron chi connectivity index (χ1n) is 5.61. The summed E-state index contributed by atoms with van der Waals surface area (Å²) in [7, 11) is 0. The number of nitrogens with two attached hydrogens (primary N) is 1. The second-order valence-corrected chi connectivity index (χ2v) is 4.65. The van der Waals surface area contributed by atoms with Crippen molar-refractivity contribution in [2.75, 3.05) is 17.6 Å². The van der Waals surface area contributed by atoms with Crippen molar-refractivity contribution in [3.8, 4) is 0 Å². The van der Waals surface area contributed by atoms with Gasteiger partial charge in [0.2, 0.25) is 5.95 Å². The fourth-order valence-corrected chi connectivity index (χ4v) is 1.55. The van der Waals surface area contributed by atoms with Gasteiger partial charge in [0.05, 0.1) is 6.20 Å². The molecular weight excluding hydrogens is 224 g/mol. The largest absolute Gasteiger partial charge is 0.369 e. The zero-order valence-electron chi connectivity index (χ0n) is 9.83. The van der Waals surface area contributed by atoms with Crippen LogP contribution in [0.3, 0.4) is 0 Å². The highest BCUT2D eigenvalue weighted by atomic mass is 35.5. The van der Waals surface area contributed by atoms with E-state index in [0.29, 0.717) is 10.8 Å². The Morgan fingerprint density at radius 3 is 2.88 bits per heavy atom. The number of anilines is 2. The Bertz CT molecular complexity index is 328. The predicted molar refractivity (Wildman–Crippen MR) is 68.6 cm³/mol. The number of hydrogen-bond acceptors (Lipinski definition) is 4. The van der Waals surface area contributed by atoms with Crippen LogP contribution >= 0.6 is 11.6 Å². The summed E-state index contributed by atoms with van der Waals surface area (Å²) in [4.78, 5) is 7.83. The van der Waals surface area contributed by atoms with Gasteiger partial charge in [-0.2, -0.15) is 4.98 Å². The molecule has 4 nitrogen and oxygen atoms in total. The number of hydrogen-bond donors (Lipinski definition) is 2. The lowest BCUT2D eigenvalue weighted by Gasteiger charge is -2.08. The molecule has 1 aromatic heterocycles. The Morgan fingerprint density at radius 1 is 1.44 bits per heavy atom. The zero-order valence-corrected chi connectivity index (χ0v) is 10.6. The second-order valence-electron chi connectivity index (χ2n) is 4.24. The van der Waals surface area contributed by atoms with E-state index in [1.54, 1.807) is 0 Å². The van der Waals surface area contributed by atoms with Crippen LogP contribution in [-0.4, -0.2) is 16.5 Å². The van der Waals surface area contributed by atoms with E-state index in [0.717, 1.165) is 18.9 Å². The highest BCUT2D eigenvalue weighted by molar-refractivity contribution is 6.32. The van der Waals surface area contributed by atoms with Gasteiger partial charge in [-0.25, -0.2) is 4.98 Å². The van der Waals surface area contributed by atoms with Crippen molar-refractivity contribution in [3.63, 3.8) is 0 Å². The van der Waals surface area contributed by atoms with Crippen LogP contribution in [-0.2, 0) is 0 Å². The molecule has 0 saturated carbocycles. The maximum Gasteiger partial charge on any atom is 0.222 e. The standard InChI is InChI=1S/C11H19ClN4/c1-8(2)5-3-4-6-14-10-9(12)7-15-11(13)16-10/h7-8H,3-6H2,1-2H3,(H3,13,14,15,16). The molecule has 5 heteroatoms. The SMILES string of the molecule is CC(C)CCCCNc1nc(N)ncc1Cl. The van der Waals surface area contributed by atoms with Crippen LogP contribution in [0.5, 0.6) is 0 Å². The smallest absolute Gasteiger partial charge is 0.222 e. The van der Waals surface area contributed by atoms with Crippen molar-refractivity contribution in [2.24, 2.45) is 5.92 Å². The second kappa shape index (κ2) is 6.53. The fourth-order valence-electron chi connectivity index (χ4n) is 1.39. The van der Waals surface area contributed by atoms with Gasteiger partial charge in [-0.05, 0) is 12.3 Å². The van der Waals surface area contributed by atoms with E-state index >= 15 is 0 Å². The van der Waals surface area contributed by atoms with Crippen LogP contribution in [0, 0.1) is 5.92 Å². The lowest BCUT2D eigenvalue weighted by molar-refractivity contribution is 0.544. The molecular formula is C11H19ClN4. The fraction of sp³-hybridized carbons (Fsp3) is 0.636. The average Bonchev–Trinajstić information content (AvgIpc) is 2.22. The monoisotopic (exact) mass is 242 g/mol. The zero-order chi connectivity index (χ0) is 12.0. The van der Waals surface area contributed by atoms with E-state index in [4.69, 9.17) is 17.3 Å². The molecule has 0 radical (unpaired) electrons. The van der Waals surface area contributed by atoms with Gasteiger partial charge in [-0.15, -0.1) is 0 Å². The number of halogens is 1. The van der Waals surface area contributed by atoms with Gasteiger partial charge in [-0.3, -0.25) is 0 Å². The Hall–Kier alpha value is -1.03. The number of unbranched alkanes of at least 4 members (excludes halogenated alkanes) is 1. The molecule has 16 heavy (non-hydrogen) atoms. The quantitative estimate of drug-likeness (QED) is 0.753. The first-order chi connectivity index (χ1) is 7.59. The molecule has 0 spiro atoms. The van der Waals surface area contributed by atoms with Crippen molar-refractivity contribution < 1.29 is 0 Å². The number of aromatic nitrogens is 2. The number of nitrogens with one attached hydrogen (secondary N) is 1. The molecule has 1 heterocycles. The third-order valence-electron chi connectivity index (χ3n) is 2.26. The minimum absolute atomic E-state index is 0.245. The van der Waals surface area contributed by atoms with Crippen LogP contribution in [0.15, 0.2) is 6.20 Å². The molecule has 1 rings (SSSR count). The molecule has 0 aliphatic carbocycles. The topological polar surface area (TPSA) is 63.8 Å².